The third-order valence-electron chi connectivity index (χ3n) is 4.14. The van der Waals surface area contributed by atoms with Gasteiger partial charge in [-0.25, -0.2) is 0 Å². The average Bonchev–Trinajstić information content (AvgIpc) is 2.95. The number of rotatable bonds is 7. The zero-order chi connectivity index (χ0) is 15.1. The molecule has 22 heavy (non-hydrogen) atoms. The lowest BCUT2D eigenvalue weighted by atomic mass is 10.1. The molecule has 1 aliphatic rings. The molecule has 1 unspecified atom stereocenters. The molecule has 0 bridgehead atoms. The largest absolute Gasteiger partial charge is 0.354 e. The van der Waals surface area contributed by atoms with Gasteiger partial charge in [0.25, 0.3) is 0 Å². The van der Waals surface area contributed by atoms with Gasteiger partial charge >= 0.3 is 0 Å². The second-order valence-electron chi connectivity index (χ2n) is 5.98. The van der Waals surface area contributed by atoms with Crippen molar-refractivity contribution in [1.29, 1.82) is 0 Å². The lowest BCUT2D eigenvalue weighted by Gasteiger charge is -2.29. The minimum absolute atomic E-state index is 0. The van der Waals surface area contributed by atoms with Crippen LogP contribution in [0.5, 0.6) is 0 Å². The van der Waals surface area contributed by atoms with Gasteiger partial charge in [-0.3, -0.25) is 4.79 Å². The van der Waals surface area contributed by atoms with Crippen molar-refractivity contribution in [3.63, 3.8) is 0 Å². The SMILES string of the molecule is CNCC(C)C(=O)NCC1(Sc2ccccc2)CCCC1.Cl. The zero-order valence-corrected chi connectivity index (χ0v) is 15.1. The fourth-order valence-corrected chi connectivity index (χ4v) is 4.32. The Bertz CT molecular complexity index is 449. The van der Waals surface area contributed by atoms with E-state index in [2.05, 4.69) is 34.9 Å². The summed E-state index contributed by atoms with van der Waals surface area (Å²) < 4.78 is 0.177. The van der Waals surface area contributed by atoms with E-state index in [0.29, 0.717) is 0 Å². The van der Waals surface area contributed by atoms with E-state index < -0.39 is 0 Å². The number of amides is 1. The zero-order valence-electron chi connectivity index (χ0n) is 13.4. The highest BCUT2D eigenvalue weighted by Crippen LogP contribution is 2.44. The third-order valence-corrected chi connectivity index (χ3v) is 5.63. The summed E-state index contributed by atoms with van der Waals surface area (Å²) in [6.07, 6.45) is 4.91. The van der Waals surface area contributed by atoms with Gasteiger partial charge in [-0.1, -0.05) is 38.0 Å². The van der Waals surface area contributed by atoms with Gasteiger partial charge < -0.3 is 10.6 Å². The van der Waals surface area contributed by atoms with Crippen LogP contribution in [0.1, 0.15) is 32.6 Å². The van der Waals surface area contributed by atoms with Crippen LogP contribution in [0, 0.1) is 5.92 Å². The molecule has 0 saturated heterocycles. The topological polar surface area (TPSA) is 41.1 Å². The highest BCUT2D eigenvalue weighted by molar-refractivity contribution is 8.00. The van der Waals surface area contributed by atoms with Crippen LogP contribution in [0.2, 0.25) is 0 Å². The molecule has 1 aromatic rings. The normalized spacial score (nSPS) is 17.5. The van der Waals surface area contributed by atoms with Crippen LogP contribution in [-0.4, -0.2) is 30.8 Å². The number of nitrogens with one attached hydrogen (secondary N) is 2. The van der Waals surface area contributed by atoms with Crippen molar-refractivity contribution in [2.75, 3.05) is 20.1 Å². The summed E-state index contributed by atoms with van der Waals surface area (Å²) >= 11 is 1.94. The number of benzene rings is 1. The van der Waals surface area contributed by atoms with Crippen LogP contribution in [0.15, 0.2) is 35.2 Å². The smallest absolute Gasteiger partial charge is 0.224 e. The van der Waals surface area contributed by atoms with E-state index >= 15 is 0 Å². The fourth-order valence-electron chi connectivity index (χ4n) is 2.89. The molecule has 1 aliphatic carbocycles. The first-order valence-corrected chi connectivity index (χ1v) is 8.63. The van der Waals surface area contributed by atoms with Crippen molar-refractivity contribution < 1.29 is 4.79 Å². The molecule has 1 atom stereocenters. The van der Waals surface area contributed by atoms with Crippen LogP contribution >= 0.6 is 24.2 Å². The van der Waals surface area contributed by atoms with E-state index in [9.17, 15) is 4.79 Å². The molecule has 1 aromatic carbocycles. The fraction of sp³-hybridized carbons (Fsp3) is 0.588. The molecule has 2 N–H and O–H groups in total. The Kier molecular flexibility index (Phi) is 8.29. The highest BCUT2D eigenvalue weighted by Gasteiger charge is 2.35. The van der Waals surface area contributed by atoms with Gasteiger partial charge in [-0.15, -0.1) is 24.2 Å². The molecule has 1 saturated carbocycles. The monoisotopic (exact) mass is 342 g/mol. The summed E-state index contributed by atoms with van der Waals surface area (Å²) in [7, 11) is 1.88. The quantitative estimate of drug-likeness (QED) is 0.797. The van der Waals surface area contributed by atoms with Crippen LogP contribution in [0.4, 0.5) is 0 Å². The molecule has 1 amide bonds. The maximum Gasteiger partial charge on any atom is 0.224 e. The molecule has 0 spiro atoms. The lowest BCUT2D eigenvalue weighted by Crippen LogP contribution is -2.42. The predicted octanol–water partition coefficient (Wildman–Crippen LogP) is 3.49. The standard InChI is InChI=1S/C17H26N2OS.ClH/c1-14(12-18-2)16(20)19-13-17(10-6-7-11-17)21-15-8-4-3-5-9-15;/h3-5,8-9,14,18H,6-7,10-13H2,1-2H3,(H,19,20);1H. The Morgan fingerprint density at radius 1 is 1.27 bits per heavy atom. The number of halogens is 1. The minimum Gasteiger partial charge on any atom is -0.354 e. The molecule has 0 aliphatic heterocycles. The van der Waals surface area contributed by atoms with Crippen molar-refractivity contribution in [1.82, 2.24) is 10.6 Å². The molecule has 124 valence electrons. The van der Waals surface area contributed by atoms with Gasteiger partial charge in [0.15, 0.2) is 0 Å². The van der Waals surface area contributed by atoms with Crippen LogP contribution in [-0.2, 0) is 4.79 Å². The number of hydrogen-bond donors (Lipinski definition) is 2. The molecule has 0 aromatic heterocycles. The van der Waals surface area contributed by atoms with E-state index in [-0.39, 0.29) is 29.0 Å². The summed E-state index contributed by atoms with van der Waals surface area (Å²) in [6, 6.07) is 10.5. The van der Waals surface area contributed by atoms with Gasteiger partial charge in [0.2, 0.25) is 5.91 Å². The first-order valence-electron chi connectivity index (χ1n) is 7.82. The predicted molar refractivity (Wildman–Crippen MR) is 96.8 cm³/mol. The van der Waals surface area contributed by atoms with Gasteiger partial charge in [-0.2, -0.15) is 0 Å². The second-order valence-corrected chi connectivity index (χ2v) is 7.52. The summed E-state index contributed by atoms with van der Waals surface area (Å²) in [5, 5.41) is 6.23. The van der Waals surface area contributed by atoms with Crippen molar-refractivity contribution in [2.24, 2.45) is 5.92 Å². The first-order chi connectivity index (χ1) is 10.2. The van der Waals surface area contributed by atoms with Gasteiger partial charge in [0.1, 0.15) is 0 Å². The molecule has 0 heterocycles. The molecule has 3 nitrogen and oxygen atoms in total. The molecule has 1 fully saturated rings. The molecule has 0 radical (unpaired) electrons. The van der Waals surface area contributed by atoms with Gasteiger partial charge in [0, 0.05) is 28.6 Å². The number of carbonyl (C=O) groups excluding carboxylic acids is 1. The number of carbonyl (C=O) groups is 1. The third kappa shape index (κ3) is 5.49. The Morgan fingerprint density at radius 3 is 2.50 bits per heavy atom. The van der Waals surface area contributed by atoms with Crippen molar-refractivity contribution >= 4 is 30.1 Å². The van der Waals surface area contributed by atoms with Crippen molar-refractivity contribution in [2.45, 2.75) is 42.2 Å². The summed E-state index contributed by atoms with van der Waals surface area (Å²) in [5.41, 5.74) is 0. The molecular weight excluding hydrogens is 316 g/mol. The van der Waals surface area contributed by atoms with Crippen LogP contribution < -0.4 is 10.6 Å². The number of hydrogen-bond acceptors (Lipinski definition) is 3. The number of thioether (sulfide) groups is 1. The van der Waals surface area contributed by atoms with E-state index in [1.54, 1.807) is 0 Å². The summed E-state index contributed by atoms with van der Waals surface area (Å²) in [6.45, 7) is 3.47. The maximum absolute atomic E-state index is 12.1. The van der Waals surface area contributed by atoms with Crippen molar-refractivity contribution in [3.05, 3.63) is 30.3 Å². The Labute approximate surface area is 144 Å². The lowest BCUT2D eigenvalue weighted by molar-refractivity contribution is -0.124. The summed E-state index contributed by atoms with van der Waals surface area (Å²) in [5.74, 6) is 0.180. The van der Waals surface area contributed by atoms with Gasteiger partial charge in [0.05, 0.1) is 0 Å². The van der Waals surface area contributed by atoms with Crippen LogP contribution in [0.25, 0.3) is 0 Å². The van der Waals surface area contributed by atoms with E-state index in [1.807, 2.05) is 31.8 Å². The van der Waals surface area contributed by atoms with E-state index in [4.69, 9.17) is 0 Å². The molecule has 5 heteroatoms. The Balaban J connectivity index is 0.00000242. The average molecular weight is 343 g/mol. The van der Waals surface area contributed by atoms with Crippen molar-refractivity contribution in [3.8, 4) is 0 Å². The second kappa shape index (κ2) is 9.43. The first kappa shape index (κ1) is 19.3. The van der Waals surface area contributed by atoms with Crippen LogP contribution in [0.3, 0.4) is 0 Å². The summed E-state index contributed by atoms with van der Waals surface area (Å²) in [4.78, 5) is 13.4. The minimum atomic E-state index is 0. The molecular formula is C17H27ClN2OS. The maximum atomic E-state index is 12.1. The highest BCUT2D eigenvalue weighted by atomic mass is 35.5. The Hall–Kier alpha value is -0.710. The van der Waals surface area contributed by atoms with Gasteiger partial charge in [-0.05, 0) is 32.0 Å². The van der Waals surface area contributed by atoms with E-state index in [0.717, 1.165) is 13.1 Å². The molecule has 2 rings (SSSR count). The Morgan fingerprint density at radius 2 is 1.91 bits per heavy atom. The van der Waals surface area contributed by atoms with E-state index in [1.165, 1.54) is 30.6 Å².